The molecule has 0 aliphatic carbocycles. The zero-order valence-electron chi connectivity index (χ0n) is 12.1. The van der Waals surface area contributed by atoms with E-state index in [1.807, 2.05) is 0 Å². The second-order valence-corrected chi connectivity index (χ2v) is 5.39. The fraction of sp³-hybridized carbons (Fsp3) is 0.357. The molecule has 1 atom stereocenters. The van der Waals surface area contributed by atoms with E-state index in [2.05, 4.69) is 10.1 Å². The Hall–Kier alpha value is -2.52. The summed E-state index contributed by atoms with van der Waals surface area (Å²) in [7, 11) is 0. The Labute approximate surface area is 132 Å². The van der Waals surface area contributed by atoms with E-state index in [4.69, 9.17) is 0 Å². The molecule has 3 heterocycles. The van der Waals surface area contributed by atoms with Crippen LogP contribution < -0.4 is 0 Å². The molecule has 0 radical (unpaired) electrons. The summed E-state index contributed by atoms with van der Waals surface area (Å²) in [5.41, 5.74) is -1.43. The molecule has 128 valence electrons. The molecule has 0 spiro atoms. The lowest BCUT2D eigenvalue weighted by Gasteiger charge is -2.17. The van der Waals surface area contributed by atoms with Gasteiger partial charge in [-0.15, -0.1) is 0 Å². The number of carbonyl (C=O) groups is 1. The van der Waals surface area contributed by atoms with Gasteiger partial charge in [-0.3, -0.25) is 4.79 Å². The molecule has 1 amide bonds. The Kier molecular flexibility index (Phi) is 3.98. The number of halogens is 5. The highest BCUT2D eigenvalue weighted by atomic mass is 19.4. The largest absolute Gasteiger partial charge is 0.435 e. The predicted molar refractivity (Wildman–Crippen MR) is 71.8 cm³/mol. The van der Waals surface area contributed by atoms with Gasteiger partial charge in [0.2, 0.25) is 5.91 Å². The second-order valence-electron chi connectivity index (χ2n) is 5.39. The van der Waals surface area contributed by atoms with Crippen molar-refractivity contribution in [3.63, 3.8) is 0 Å². The average molecular weight is 346 g/mol. The van der Waals surface area contributed by atoms with E-state index >= 15 is 0 Å². The van der Waals surface area contributed by atoms with Crippen LogP contribution in [0.2, 0.25) is 0 Å². The summed E-state index contributed by atoms with van der Waals surface area (Å²) in [5, 5.41) is 3.83. The maximum atomic E-state index is 13.2. The molecule has 1 saturated heterocycles. The van der Waals surface area contributed by atoms with Crippen molar-refractivity contribution in [1.82, 2.24) is 19.5 Å². The quantitative estimate of drug-likeness (QED) is 0.803. The fourth-order valence-corrected chi connectivity index (χ4v) is 2.73. The Morgan fingerprint density at radius 2 is 2.12 bits per heavy atom. The lowest BCUT2D eigenvalue weighted by Crippen LogP contribution is -2.27. The normalized spacial score (nSPS) is 18.5. The lowest BCUT2D eigenvalue weighted by molar-refractivity contribution is -0.142. The van der Waals surface area contributed by atoms with Crippen LogP contribution in [0, 0.1) is 5.92 Å². The van der Waals surface area contributed by atoms with Crippen molar-refractivity contribution in [3.05, 3.63) is 41.9 Å². The molecule has 0 aromatic carbocycles. The van der Waals surface area contributed by atoms with Gasteiger partial charge < -0.3 is 4.90 Å². The SMILES string of the molecule is O=C1CC(C=C(F)F)CN1Cc1c(C(F)(F)F)nc2cccnn12. The van der Waals surface area contributed by atoms with E-state index in [1.54, 1.807) is 0 Å². The van der Waals surface area contributed by atoms with Gasteiger partial charge in [-0.05, 0) is 18.2 Å². The first-order chi connectivity index (χ1) is 11.3. The molecule has 0 saturated carbocycles. The number of fused-ring (bicyclic) bond motifs is 1. The molecule has 1 aliphatic heterocycles. The number of amides is 1. The van der Waals surface area contributed by atoms with Gasteiger partial charge in [0.15, 0.2) is 11.3 Å². The summed E-state index contributed by atoms with van der Waals surface area (Å²) < 4.78 is 65.2. The minimum atomic E-state index is -4.71. The molecule has 10 heteroatoms. The molecule has 3 rings (SSSR count). The molecular formula is C14H11F5N4O. The standard InChI is InChI=1S/C14H11F5N4O/c15-10(16)4-8-5-12(24)22(6-8)7-9-13(14(17,18)19)21-11-2-1-3-20-23(9)11/h1-4,8H,5-7H2. The third kappa shape index (κ3) is 3.08. The van der Waals surface area contributed by atoms with Crippen LogP contribution in [-0.4, -0.2) is 31.9 Å². The Balaban J connectivity index is 1.95. The summed E-state index contributed by atoms with van der Waals surface area (Å²) in [6, 6.07) is 2.81. The number of rotatable bonds is 3. The van der Waals surface area contributed by atoms with Crippen molar-refractivity contribution >= 4 is 11.6 Å². The predicted octanol–water partition coefficient (Wildman–Crippen LogP) is 2.88. The van der Waals surface area contributed by atoms with E-state index in [0.717, 1.165) is 9.42 Å². The average Bonchev–Trinajstić information content (AvgIpc) is 3.00. The van der Waals surface area contributed by atoms with Gasteiger partial charge in [0.05, 0.1) is 12.2 Å². The van der Waals surface area contributed by atoms with Gasteiger partial charge >= 0.3 is 6.18 Å². The van der Waals surface area contributed by atoms with Gasteiger partial charge in [-0.25, -0.2) is 9.50 Å². The molecule has 1 fully saturated rings. The minimum absolute atomic E-state index is 0.00211. The maximum absolute atomic E-state index is 13.2. The zero-order valence-corrected chi connectivity index (χ0v) is 12.1. The van der Waals surface area contributed by atoms with Gasteiger partial charge in [0, 0.05) is 25.1 Å². The fourth-order valence-electron chi connectivity index (χ4n) is 2.73. The smallest absolute Gasteiger partial charge is 0.336 e. The highest BCUT2D eigenvalue weighted by Gasteiger charge is 2.40. The summed E-state index contributed by atoms with van der Waals surface area (Å²) in [5.74, 6) is -1.21. The van der Waals surface area contributed by atoms with Crippen LogP contribution in [0.4, 0.5) is 22.0 Å². The van der Waals surface area contributed by atoms with Gasteiger partial charge in [0.25, 0.3) is 6.08 Å². The van der Waals surface area contributed by atoms with Gasteiger partial charge in [0.1, 0.15) is 0 Å². The van der Waals surface area contributed by atoms with Crippen LogP contribution >= 0.6 is 0 Å². The molecule has 5 nitrogen and oxygen atoms in total. The molecule has 0 N–H and O–H groups in total. The van der Waals surface area contributed by atoms with Crippen molar-refractivity contribution < 1.29 is 26.7 Å². The van der Waals surface area contributed by atoms with Crippen molar-refractivity contribution in [2.45, 2.75) is 19.1 Å². The van der Waals surface area contributed by atoms with E-state index in [9.17, 15) is 26.7 Å². The number of aromatic nitrogens is 3. The molecule has 1 unspecified atom stereocenters. The van der Waals surface area contributed by atoms with E-state index in [-0.39, 0.29) is 24.3 Å². The number of likely N-dealkylation sites (tertiary alicyclic amines) is 1. The third-order valence-electron chi connectivity index (χ3n) is 3.70. The number of imidazole rings is 1. The lowest BCUT2D eigenvalue weighted by atomic mass is 10.1. The molecule has 2 aromatic heterocycles. The third-order valence-corrected chi connectivity index (χ3v) is 3.70. The monoisotopic (exact) mass is 346 g/mol. The van der Waals surface area contributed by atoms with Crippen molar-refractivity contribution in [1.29, 1.82) is 0 Å². The minimum Gasteiger partial charge on any atom is -0.336 e. The van der Waals surface area contributed by atoms with Crippen LogP contribution in [0.1, 0.15) is 17.8 Å². The van der Waals surface area contributed by atoms with Crippen molar-refractivity contribution in [2.24, 2.45) is 5.92 Å². The van der Waals surface area contributed by atoms with E-state index in [1.165, 1.54) is 18.3 Å². The van der Waals surface area contributed by atoms with Crippen LogP contribution in [0.3, 0.4) is 0 Å². The van der Waals surface area contributed by atoms with Crippen LogP contribution in [0.25, 0.3) is 5.65 Å². The number of alkyl halides is 3. The summed E-state index contributed by atoms with van der Waals surface area (Å²) in [4.78, 5) is 16.5. The van der Waals surface area contributed by atoms with Gasteiger partial charge in [-0.1, -0.05) is 0 Å². The zero-order chi connectivity index (χ0) is 17.5. The van der Waals surface area contributed by atoms with Crippen LogP contribution in [0.5, 0.6) is 0 Å². The van der Waals surface area contributed by atoms with E-state index < -0.39 is 36.3 Å². The highest BCUT2D eigenvalue weighted by Crippen LogP contribution is 2.33. The first kappa shape index (κ1) is 16.3. The number of nitrogens with zero attached hydrogens (tertiary/aromatic N) is 4. The Morgan fingerprint density at radius 3 is 2.79 bits per heavy atom. The molecule has 24 heavy (non-hydrogen) atoms. The van der Waals surface area contributed by atoms with Gasteiger partial charge in [-0.2, -0.15) is 27.1 Å². The van der Waals surface area contributed by atoms with Crippen LogP contribution in [0.15, 0.2) is 30.5 Å². The summed E-state index contributed by atoms with van der Waals surface area (Å²) in [6.45, 7) is -0.475. The van der Waals surface area contributed by atoms with E-state index in [0.29, 0.717) is 6.08 Å². The Morgan fingerprint density at radius 1 is 1.38 bits per heavy atom. The summed E-state index contributed by atoms with van der Waals surface area (Å²) >= 11 is 0. The summed E-state index contributed by atoms with van der Waals surface area (Å²) in [6.07, 6.45) is -4.84. The second kappa shape index (κ2) is 5.84. The maximum Gasteiger partial charge on any atom is 0.435 e. The number of carbonyl (C=O) groups excluding carboxylic acids is 1. The van der Waals surface area contributed by atoms with Crippen molar-refractivity contribution in [2.75, 3.05) is 6.54 Å². The molecular weight excluding hydrogens is 335 g/mol. The Bertz CT molecular complexity index is 809. The number of hydrogen-bond acceptors (Lipinski definition) is 3. The molecule has 2 aromatic rings. The topological polar surface area (TPSA) is 50.5 Å². The molecule has 1 aliphatic rings. The highest BCUT2D eigenvalue weighted by molar-refractivity contribution is 5.79. The van der Waals surface area contributed by atoms with Crippen LogP contribution in [-0.2, 0) is 17.5 Å². The first-order valence-corrected chi connectivity index (χ1v) is 6.96. The number of hydrogen-bond donors (Lipinski definition) is 0. The molecule has 0 bridgehead atoms. The first-order valence-electron chi connectivity index (χ1n) is 6.96. The van der Waals surface area contributed by atoms with Crippen molar-refractivity contribution in [3.8, 4) is 0 Å².